The van der Waals surface area contributed by atoms with Gasteiger partial charge >= 0.3 is 0 Å². The van der Waals surface area contributed by atoms with Gasteiger partial charge in [0.1, 0.15) is 0 Å². The van der Waals surface area contributed by atoms with Gasteiger partial charge in [-0.05, 0) is 19.3 Å². The molecule has 1 aliphatic rings. The molecule has 18 heavy (non-hydrogen) atoms. The van der Waals surface area contributed by atoms with Crippen LogP contribution in [0.1, 0.15) is 19.8 Å². The van der Waals surface area contributed by atoms with Crippen molar-refractivity contribution in [2.24, 2.45) is 5.92 Å². The molecule has 1 heterocycles. The third kappa shape index (κ3) is 6.32. The van der Waals surface area contributed by atoms with E-state index in [1.54, 1.807) is 6.92 Å². The Hall–Kier alpha value is -0.660. The fourth-order valence-corrected chi connectivity index (χ4v) is 3.83. The number of rotatable bonds is 7. The van der Waals surface area contributed by atoms with E-state index in [2.05, 4.69) is 10.6 Å². The quantitative estimate of drug-likeness (QED) is 0.514. The second-order valence-corrected chi connectivity index (χ2v) is 7.11. The molecule has 0 aromatic rings. The number of hydrogen-bond acceptors (Lipinski definition) is 5. The van der Waals surface area contributed by atoms with Crippen LogP contribution in [0.4, 0.5) is 0 Å². The van der Waals surface area contributed by atoms with Crippen LogP contribution in [-0.2, 0) is 14.6 Å². The molecular weight excluding hydrogens is 256 g/mol. The van der Waals surface area contributed by atoms with Crippen molar-refractivity contribution in [3.63, 3.8) is 0 Å². The number of nitrogens with one attached hydrogen (secondary N) is 2. The molecule has 1 fully saturated rings. The van der Waals surface area contributed by atoms with Crippen LogP contribution in [0.2, 0.25) is 0 Å². The first kappa shape index (κ1) is 15.4. The van der Waals surface area contributed by atoms with Crippen LogP contribution in [0, 0.1) is 5.92 Å². The maximum Gasteiger partial charge on any atom is 0.220 e. The lowest BCUT2D eigenvalue weighted by Gasteiger charge is -2.10. The van der Waals surface area contributed by atoms with Crippen molar-refractivity contribution in [3.8, 4) is 0 Å². The van der Waals surface area contributed by atoms with E-state index < -0.39 is 15.9 Å². The monoisotopic (exact) mass is 278 g/mol. The van der Waals surface area contributed by atoms with Crippen LogP contribution >= 0.6 is 0 Å². The predicted octanol–water partition coefficient (Wildman–Crippen LogP) is -1.10. The van der Waals surface area contributed by atoms with Gasteiger partial charge in [0.15, 0.2) is 9.84 Å². The zero-order valence-corrected chi connectivity index (χ0v) is 11.5. The Morgan fingerprint density at radius 1 is 1.44 bits per heavy atom. The highest BCUT2D eigenvalue weighted by molar-refractivity contribution is 7.91. The third-order valence-electron chi connectivity index (χ3n) is 2.86. The van der Waals surface area contributed by atoms with Gasteiger partial charge in [0, 0.05) is 26.1 Å². The Morgan fingerprint density at radius 3 is 2.72 bits per heavy atom. The first-order valence-electron chi connectivity index (χ1n) is 6.25. The molecule has 1 rings (SSSR count). The van der Waals surface area contributed by atoms with Crippen molar-refractivity contribution < 1.29 is 18.3 Å². The minimum absolute atomic E-state index is 0.0274. The lowest BCUT2D eigenvalue weighted by molar-refractivity contribution is -0.121. The number of hydrogen-bond donors (Lipinski definition) is 3. The molecule has 1 aliphatic heterocycles. The topological polar surface area (TPSA) is 95.5 Å². The van der Waals surface area contributed by atoms with E-state index in [4.69, 9.17) is 5.11 Å². The molecule has 0 radical (unpaired) electrons. The number of sulfone groups is 1. The molecule has 0 spiro atoms. The SMILES string of the molecule is CC(O)CNCCNC(=O)CC1CCS(=O)(=O)C1. The normalized spacial score (nSPS) is 23.8. The smallest absolute Gasteiger partial charge is 0.220 e. The summed E-state index contributed by atoms with van der Waals surface area (Å²) in [6.07, 6.45) is 0.482. The highest BCUT2D eigenvalue weighted by atomic mass is 32.2. The number of carbonyl (C=O) groups excluding carboxylic acids is 1. The molecule has 0 aromatic carbocycles. The Labute approximate surface area is 108 Å². The van der Waals surface area contributed by atoms with Crippen molar-refractivity contribution in [2.45, 2.75) is 25.9 Å². The molecular formula is C11H22N2O4S. The van der Waals surface area contributed by atoms with E-state index in [9.17, 15) is 13.2 Å². The average Bonchev–Trinajstić information content (AvgIpc) is 2.57. The third-order valence-corrected chi connectivity index (χ3v) is 4.70. The van der Waals surface area contributed by atoms with Gasteiger partial charge in [-0.15, -0.1) is 0 Å². The van der Waals surface area contributed by atoms with Gasteiger partial charge in [-0.1, -0.05) is 0 Å². The van der Waals surface area contributed by atoms with E-state index >= 15 is 0 Å². The summed E-state index contributed by atoms with van der Waals surface area (Å²) in [5.41, 5.74) is 0. The Bertz CT molecular complexity index is 367. The standard InChI is InChI=1S/C11H22N2O4S/c1-9(14)7-12-3-4-13-11(15)6-10-2-5-18(16,17)8-10/h9-10,12,14H,2-8H2,1H3,(H,13,15). The summed E-state index contributed by atoms with van der Waals surface area (Å²) in [5.74, 6) is 0.220. The molecule has 0 aromatic heterocycles. The van der Waals surface area contributed by atoms with Crippen LogP contribution in [0.3, 0.4) is 0 Å². The highest BCUT2D eigenvalue weighted by Crippen LogP contribution is 2.21. The van der Waals surface area contributed by atoms with E-state index in [0.29, 0.717) is 26.1 Å². The molecule has 3 N–H and O–H groups in total. The van der Waals surface area contributed by atoms with E-state index in [0.717, 1.165) is 0 Å². The van der Waals surface area contributed by atoms with Crippen LogP contribution in [0.25, 0.3) is 0 Å². The predicted molar refractivity (Wildman–Crippen MR) is 68.9 cm³/mol. The second-order valence-electron chi connectivity index (χ2n) is 4.88. The molecule has 106 valence electrons. The fourth-order valence-electron chi connectivity index (χ4n) is 1.97. The van der Waals surface area contributed by atoms with Crippen LogP contribution in [-0.4, -0.2) is 56.7 Å². The van der Waals surface area contributed by atoms with Crippen molar-refractivity contribution in [2.75, 3.05) is 31.1 Å². The van der Waals surface area contributed by atoms with Crippen molar-refractivity contribution in [3.05, 3.63) is 0 Å². The summed E-state index contributed by atoms with van der Waals surface area (Å²) in [7, 11) is -2.90. The maximum absolute atomic E-state index is 11.5. The van der Waals surface area contributed by atoms with Gasteiger partial charge in [0.25, 0.3) is 0 Å². The van der Waals surface area contributed by atoms with Crippen molar-refractivity contribution in [1.29, 1.82) is 0 Å². The molecule has 1 amide bonds. The van der Waals surface area contributed by atoms with Crippen LogP contribution in [0.5, 0.6) is 0 Å². The van der Waals surface area contributed by atoms with Gasteiger partial charge in [-0.3, -0.25) is 4.79 Å². The van der Waals surface area contributed by atoms with Crippen LogP contribution < -0.4 is 10.6 Å². The van der Waals surface area contributed by atoms with E-state index in [1.807, 2.05) is 0 Å². The fraction of sp³-hybridized carbons (Fsp3) is 0.909. The summed E-state index contributed by atoms with van der Waals surface area (Å²) in [4.78, 5) is 11.5. The number of amides is 1. The lowest BCUT2D eigenvalue weighted by atomic mass is 10.1. The van der Waals surface area contributed by atoms with Gasteiger partial charge in [-0.2, -0.15) is 0 Å². The average molecular weight is 278 g/mol. The van der Waals surface area contributed by atoms with Crippen molar-refractivity contribution >= 4 is 15.7 Å². The summed E-state index contributed by atoms with van der Waals surface area (Å²) >= 11 is 0. The number of aliphatic hydroxyl groups excluding tert-OH is 1. The summed E-state index contributed by atoms with van der Waals surface area (Å²) in [6, 6.07) is 0. The zero-order chi connectivity index (χ0) is 13.6. The molecule has 2 atom stereocenters. The first-order valence-corrected chi connectivity index (χ1v) is 8.07. The molecule has 6 nitrogen and oxygen atoms in total. The minimum Gasteiger partial charge on any atom is -0.392 e. The Morgan fingerprint density at radius 2 is 2.17 bits per heavy atom. The van der Waals surface area contributed by atoms with Gasteiger partial charge in [-0.25, -0.2) is 8.42 Å². The van der Waals surface area contributed by atoms with E-state index in [-0.39, 0.29) is 29.8 Å². The first-order chi connectivity index (χ1) is 8.39. The number of aliphatic hydroxyl groups is 1. The molecule has 0 aliphatic carbocycles. The molecule has 0 bridgehead atoms. The van der Waals surface area contributed by atoms with Gasteiger partial charge < -0.3 is 15.7 Å². The molecule has 1 saturated heterocycles. The Balaban J connectivity index is 2.08. The lowest BCUT2D eigenvalue weighted by Crippen LogP contribution is -2.35. The van der Waals surface area contributed by atoms with E-state index in [1.165, 1.54) is 0 Å². The van der Waals surface area contributed by atoms with Crippen LogP contribution in [0.15, 0.2) is 0 Å². The maximum atomic E-state index is 11.5. The highest BCUT2D eigenvalue weighted by Gasteiger charge is 2.29. The minimum atomic E-state index is -2.90. The largest absolute Gasteiger partial charge is 0.392 e. The van der Waals surface area contributed by atoms with Gasteiger partial charge in [0.05, 0.1) is 17.6 Å². The summed E-state index contributed by atoms with van der Waals surface area (Å²) < 4.78 is 22.4. The molecule has 0 saturated carbocycles. The Kier molecular flexibility index (Phi) is 6.04. The number of carbonyl (C=O) groups is 1. The van der Waals surface area contributed by atoms with Gasteiger partial charge in [0.2, 0.25) is 5.91 Å². The molecule has 2 unspecified atom stereocenters. The summed E-state index contributed by atoms with van der Waals surface area (Å²) in [6.45, 7) is 3.27. The van der Waals surface area contributed by atoms with Crippen molar-refractivity contribution in [1.82, 2.24) is 10.6 Å². The second kappa shape index (κ2) is 7.06. The zero-order valence-electron chi connectivity index (χ0n) is 10.7. The summed E-state index contributed by atoms with van der Waals surface area (Å²) in [5, 5.41) is 14.7. The molecule has 7 heteroatoms.